The van der Waals surface area contributed by atoms with Crippen LogP contribution in [0.2, 0.25) is 0 Å². The number of aromatic carboxylic acids is 1. The minimum atomic E-state index is -0.920. The van der Waals surface area contributed by atoms with Crippen LogP contribution in [0.1, 0.15) is 25.9 Å². The molecule has 0 radical (unpaired) electrons. The van der Waals surface area contributed by atoms with Crippen molar-refractivity contribution in [2.45, 2.75) is 13.3 Å². The Labute approximate surface area is 109 Å². The van der Waals surface area contributed by atoms with E-state index in [9.17, 15) is 4.79 Å². The van der Waals surface area contributed by atoms with Crippen molar-refractivity contribution in [3.63, 3.8) is 0 Å². The molecule has 0 atom stereocenters. The Morgan fingerprint density at radius 3 is 2.78 bits per heavy atom. The van der Waals surface area contributed by atoms with Gasteiger partial charge in [0.25, 0.3) is 0 Å². The summed E-state index contributed by atoms with van der Waals surface area (Å²) in [6.45, 7) is 1.71. The van der Waals surface area contributed by atoms with Crippen LogP contribution in [0.3, 0.4) is 0 Å². The number of benzene rings is 1. The van der Waals surface area contributed by atoms with Gasteiger partial charge in [-0.2, -0.15) is 0 Å². The highest BCUT2D eigenvalue weighted by molar-refractivity contribution is 7.13. The number of rotatable bonds is 4. The van der Waals surface area contributed by atoms with Crippen LogP contribution in [0.5, 0.6) is 5.75 Å². The van der Waals surface area contributed by atoms with E-state index in [0.29, 0.717) is 17.0 Å². The number of carbonyl (C=O) groups is 1. The molecule has 94 valence electrons. The molecule has 18 heavy (non-hydrogen) atoms. The standard InChI is InChI=1S/C13H13NO3S/c1-8-12(13(15)16)18-11(14-8)7-9-5-3-4-6-10(9)17-2/h3-6H,7H2,1-2H3,(H,15,16). The molecular formula is C13H13NO3S. The Hall–Kier alpha value is -1.88. The van der Waals surface area contributed by atoms with E-state index in [2.05, 4.69) is 4.98 Å². The highest BCUT2D eigenvalue weighted by atomic mass is 32.1. The lowest BCUT2D eigenvalue weighted by Gasteiger charge is -2.05. The first-order chi connectivity index (χ1) is 8.61. The van der Waals surface area contributed by atoms with E-state index in [-0.39, 0.29) is 0 Å². The molecule has 0 spiro atoms. The van der Waals surface area contributed by atoms with E-state index < -0.39 is 5.97 Å². The predicted molar refractivity (Wildman–Crippen MR) is 69.6 cm³/mol. The quantitative estimate of drug-likeness (QED) is 0.921. The zero-order chi connectivity index (χ0) is 13.1. The third kappa shape index (κ3) is 2.51. The van der Waals surface area contributed by atoms with Gasteiger partial charge in [0, 0.05) is 12.0 Å². The van der Waals surface area contributed by atoms with Gasteiger partial charge in [-0.25, -0.2) is 9.78 Å². The van der Waals surface area contributed by atoms with Gasteiger partial charge in [-0.3, -0.25) is 0 Å². The van der Waals surface area contributed by atoms with Crippen molar-refractivity contribution in [1.29, 1.82) is 0 Å². The van der Waals surface area contributed by atoms with Crippen molar-refractivity contribution in [3.05, 3.63) is 45.4 Å². The zero-order valence-electron chi connectivity index (χ0n) is 10.1. The Bertz CT molecular complexity index is 577. The van der Waals surface area contributed by atoms with Crippen LogP contribution in [0.15, 0.2) is 24.3 Å². The number of ether oxygens (including phenoxy) is 1. The topological polar surface area (TPSA) is 59.4 Å². The summed E-state index contributed by atoms with van der Waals surface area (Å²) in [4.78, 5) is 15.5. The van der Waals surface area contributed by atoms with Crippen LogP contribution in [0.25, 0.3) is 0 Å². The fourth-order valence-corrected chi connectivity index (χ4v) is 2.66. The van der Waals surface area contributed by atoms with Crippen LogP contribution >= 0.6 is 11.3 Å². The first-order valence-corrected chi connectivity index (χ1v) is 6.25. The maximum atomic E-state index is 11.0. The van der Waals surface area contributed by atoms with Gasteiger partial charge in [0.15, 0.2) is 0 Å². The van der Waals surface area contributed by atoms with Gasteiger partial charge in [0.2, 0.25) is 0 Å². The summed E-state index contributed by atoms with van der Waals surface area (Å²) in [5.41, 5.74) is 1.57. The Balaban J connectivity index is 2.29. The van der Waals surface area contributed by atoms with Crippen molar-refractivity contribution in [2.75, 3.05) is 7.11 Å². The third-order valence-corrected chi connectivity index (χ3v) is 3.71. The van der Waals surface area contributed by atoms with E-state index in [1.54, 1.807) is 14.0 Å². The summed E-state index contributed by atoms with van der Waals surface area (Å²) in [6.07, 6.45) is 0.586. The van der Waals surface area contributed by atoms with Gasteiger partial charge >= 0.3 is 5.97 Å². The lowest BCUT2D eigenvalue weighted by Crippen LogP contribution is -1.94. The highest BCUT2D eigenvalue weighted by Crippen LogP contribution is 2.25. The van der Waals surface area contributed by atoms with Gasteiger partial charge in [0.05, 0.1) is 17.8 Å². The minimum Gasteiger partial charge on any atom is -0.496 e. The Morgan fingerprint density at radius 1 is 1.44 bits per heavy atom. The van der Waals surface area contributed by atoms with Crippen molar-refractivity contribution < 1.29 is 14.6 Å². The number of carboxylic acids is 1. The molecule has 2 rings (SSSR count). The van der Waals surface area contributed by atoms with Gasteiger partial charge < -0.3 is 9.84 Å². The third-order valence-electron chi connectivity index (χ3n) is 2.57. The summed E-state index contributed by atoms with van der Waals surface area (Å²) >= 11 is 1.22. The maximum Gasteiger partial charge on any atom is 0.347 e. The molecule has 0 aliphatic carbocycles. The monoisotopic (exact) mass is 263 g/mol. The second-order valence-corrected chi connectivity index (χ2v) is 4.90. The van der Waals surface area contributed by atoms with Gasteiger partial charge in [-0.05, 0) is 13.0 Å². The molecule has 0 saturated heterocycles. The molecule has 1 aromatic heterocycles. The summed E-state index contributed by atoms with van der Waals surface area (Å²) in [5, 5.41) is 9.78. The minimum absolute atomic E-state index is 0.305. The molecule has 0 saturated carbocycles. The van der Waals surface area contributed by atoms with Gasteiger partial charge in [-0.1, -0.05) is 18.2 Å². The number of aromatic nitrogens is 1. The molecule has 0 unspecified atom stereocenters. The number of para-hydroxylation sites is 1. The molecule has 4 nitrogen and oxygen atoms in total. The van der Waals surface area contributed by atoms with Crippen molar-refractivity contribution in [1.82, 2.24) is 4.98 Å². The number of methoxy groups -OCH3 is 1. The first kappa shape index (κ1) is 12.6. The Kier molecular flexibility index (Phi) is 3.62. The van der Waals surface area contributed by atoms with Crippen LogP contribution in [0, 0.1) is 6.92 Å². The summed E-state index contributed by atoms with van der Waals surface area (Å²) in [5.74, 6) is -0.126. The van der Waals surface area contributed by atoms with Crippen LogP contribution in [-0.4, -0.2) is 23.2 Å². The second kappa shape index (κ2) is 5.18. The van der Waals surface area contributed by atoms with Crippen LogP contribution < -0.4 is 4.74 Å². The molecule has 0 amide bonds. The largest absolute Gasteiger partial charge is 0.496 e. The lowest BCUT2D eigenvalue weighted by molar-refractivity contribution is 0.0701. The van der Waals surface area contributed by atoms with E-state index in [1.807, 2.05) is 24.3 Å². The number of hydrogen-bond donors (Lipinski definition) is 1. The average Bonchev–Trinajstić information content (AvgIpc) is 2.71. The average molecular weight is 263 g/mol. The number of hydrogen-bond acceptors (Lipinski definition) is 4. The fourth-order valence-electron chi connectivity index (χ4n) is 1.74. The first-order valence-electron chi connectivity index (χ1n) is 5.43. The molecule has 0 aliphatic rings. The molecule has 0 fully saturated rings. The molecule has 2 aromatic rings. The lowest BCUT2D eigenvalue weighted by atomic mass is 10.1. The molecule has 5 heteroatoms. The van der Waals surface area contributed by atoms with E-state index in [1.165, 1.54) is 11.3 Å². The normalized spacial score (nSPS) is 10.3. The van der Waals surface area contributed by atoms with Gasteiger partial charge in [-0.15, -0.1) is 11.3 Å². The number of aryl methyl sites for hydroxylation is 1. The fraction of sp³-hybridized carbons (Fsp3) is 0.231. The SMILES string of the molecule is COc1ccccc1Cc1nc(C)c(C(=O)O)s1. The van der Waals surface area contributed by atoms with Crippen molar-refractivity contribution in [2.24, 2.45) is 0 Å². The smallest absolute Gasteiger partial charge is 0.347 e. The zero-order valence-corrected chi connectivity index (χ0v) is 11.0. The highest BCUT2D eigenvalue weighted by Gasteiger charge is 2.15. The molecule has 1 N–H and O–H groups in total. The predicted octanol–water partition coefficient (Wildman–Crippen LogP) is 2.75. The molecule has 1 heterocycles. The van der Waals surface area contributed by atoms with E-state index in [4.69, 9.17) is 9.84 Å². The number of thiazole rings is 1. The summed E-state index contributed by atoms with van der Waals surface area (Å²) < 4.78 is 5.26. The Morgan fingerprint density at radius 2 is 2.17 bits per heavy atom. The van der Waals surface area contributed by atoms with Crippen molar-refractivity contribution >= 4 is 17.3 Å². The molecule has 0 aliphatic heterocycles. The van der Waals surface area contributed by atoms with Crippen LogP contribution in [-0.2, 0) is 6.42 Å². The van der Waals surface area contributed by atoms with E-state index >= 15 is 0 Å². The second-order valence-electron chi connectivity index (χ2n) is 3.82. The summed E-state index contributed by atoms with van der Waals surface area (Å²) in [6, 6.07) is 7.67. The van der Waals surface area contributed by atoms with Gasteiger partial charge in [0.1, 0.15) is 10.6 Å². The van der Waals surface area contributed by atoms with Crippen molar-refractivity contribution in [3.8, 4) is 5.75 Å². The molecule has 0 bridgehead atoms. The number of nitrogens with zero attached hydrogens (tertiary/aromatic N) is 1. The number of carboxylic acid groups (broad SMARTS) is 1. The summed E-state index contributed by atoms with van der Waals surface area (Å²) in [7, 11) is 1.62. The molecular weight excluding hydrogens is 250 g/mol. The van der Waals surface area contributed by atoms with E-state index in [0.717, 1.165) is 16.3 Å². The maximum absolute atomic E-state index is 11.0. The van der Waals surface area contributed by atoms with Crippen LogP contribution in [0.4, 0.5) is 0 Å². The molecule has 1 aromatic carbocycles.